The van der Waals surface area contributed by atoms with Gasteiger partial charge in [0.1, 0.15) is 0 Å². The van der Waals surface area contributed by atoms with Crippen LogP contribution in [0, 0.1) is 0 Å². The summed E-state index contributed by atoms with van der Waals surface area (Å²) in [6.45, 7) is 2.36. The van der Waals surface area contributed by atoms with Gasteiger partial charge in [0.25, 0.3) is 0 Å². The Morgan fingerprint density at radius 1 is 1.69 bits per heavy atom. The van der Waals surface area contributed by atoms with E-state index in [2.05, 4.69) is 5.32 Å². The molecule has 0 unspecified atom stereocenters. The second-order valence-corrected chi connectivity index (χ2v) is 4.87. The maximum Gasteiger partial charge on any atom is 0.220 e. The third-order valence-corrected chi connectivity index (χ3v) is 3.33. The number of aryl methyl sites for hydroxylation is 1. The Bertz CT molecular complexity index is 330. The predicted molar refractivity (Wildman–Crippen MR) is 71.6 cm³/mol. The van der Waals surface area contributed by atoms with Crippen LogP contribution in [0.15, 0.2) is 11.4 Å². The second-order valence-electron chi connectivity index (χ2n) is 3.44. The van der Waals surface area contributed by atoms with Gasteiger partial charge in [0.2, 0.25) is 5.91 Å². The van der Waals surface area contributed by atoms with Crippen molar-refractivity contribution in [1.82, 2.24) is 5.32 Å². The molecule has 0 radical (unpaired) electrons. The van der Waals surface area contributed by atoms with Gasteiger partial charge >= 0.3 is 0 Å². The molecule has 1 atom stereocenters. The molecule has 6 heteroatoms. The Kier molecular flexibility index (Phi) is 7.76. The van der Waals surface area contributed by atoms with Crippen LogP contribution in [0.25, 0.3) is 0 Å². The van der Waals surface area contributed by atoms with Crippen molar-refractivity contribution < 1.29 is 4.79 Å². The van der Waals surface area contributed by atoms with Crippen LogP contribution in [0.5, 0.6) is 0 Å². The van der Waals surface area contributed by atoms with Crippen LogP contribution in [0.4, 0.5) is 0 Å². The predicted octanol–water partition coefficient (Wildman–Crippen LogP) is 2.22. The summed E-state index contributed by atoms with van der Waals surface area (Å²) in [7, 11) is 0. The van der Waals surface area contributed by atoms with E-state index in [1.165, 1.54) is 0 Å². The van der Waals surface area contributed by atoms with E-state index >= 15 is 0 Å². The molecule has 1 heterocycles. The van der Waals surface area contributed by atoms with Crippen LogP contribution in [-0.2, 0) is 11.2 Å². The van der Waals surface area contributed by atoms with Gasteiger partial charge in [0.15, 0.2) is 0 Å². The van der Waals surface area contributed by atoms with Crippen LogP contribution in [0.3, 0.4) is 0 Å². The van der Waals surface area contributed by atoms with Crippen LogP contribution in [-0.4, -0.2) is 18.5 Å². The maximum atomic E-state index is 11.4. The number of thiophene rings is 1. The number of carbonyl (C=O) groups excluding carboxylic acids is 1. The van der Waals surface area contributed by atoms with Gasteiger partial charge in [-0.2, -0.15) is 0 Å². The van der Waals surface area contributed by atoms with E-state index in [4.69, 9.17) is 17.3 Å². The van der Waals surface area contributed by atoms with Gasteiger partial charge in [-0.1, -0.05) is 11.6 Å². The fraction of sp³-hybridized carbons (Fsp3) is 0.500. The number of carbonyl (C=O) groups is 1. The molecule has 3 nitrogen and oxygen atoms in total. The van der Waals surface area contributed by atoms with E-state index < -0.39 is 0 Å². The molecule has 1 aromatic rings. The van der Waals surface area contributed by atoms with E-state index in [0.717, 1.165) is 16.3 Å². The van der Waals surface area contributed by atoms with Crippen molar-refractivity contribution in [3.8, 4) is 0 Å². The lowest BCUT2D eigenvalue weighted by molar-refractivity contribution is -0.121. The zero-order chi connectivity index (χ0) is 11.3. The first-order valence-corrected chi connectivity index (χ1v) is 6.10. The Labute approximate surface area is 111 Å². The van der Waals surface area contributed by atoms with E-state index in [9.17, 15) is 4.79 Å². The standard InChI is InChI=1S/C10H15ClN2OS.ClH/c1-7(5-12)13-10(14)3-2-9-4-8(11)6-15-9;/h4,6-7H,2-3,5,12H2,1H3,(H,13,14);1H/t7-;/m0./s1. The minimum absolute atomic E-state index is 0. The Morgan fingerprint density at radius 2 is 2.38 bits per heavy atom. The molecule has 16 heavy (non-hydrogen) atoms. The Balaban J connectivity index is 0.00000225. The summed E-state index contributed by atoms with van der Waals surface area (Å²) in [6, 6.07) is 1.94. The first kappa shape index (κ1) is 15.7. The van der Waals surface area contributed by atoms with Gasteiger partial charge in [0.05, 0.1) is 5.02 Å². The largest absolute Gasteiger partial charge is 0.352 e. The zero-order valence-corrected chi connectivity index (χ0v) is 11.4. The summed E-state index contributed by atoms with van der Waals surface area (Å²) < 4.78 is 0. The highest BCUT2D eigenvalue weighted by molar-refractivity contribution is 7.10. The number of halogens is 2. The van der Waals surface area contributed by atoms with Gasteiger partial charge in [0, 0.05) is 29.3 Å². The van der Waals surface area contributed by atoms with E-state index in [1.807, 2.05) is 18.4 Å². The number of rotatable bonds is 5. The molecule has 92 valence electrons. The monoisotopic (exact) mass is 282 g/mol. The highest BCUT2D eigenvalue weighted by atomic mass is 35.5. The molecular formula is C10H16Cl2N2OS. The van der Waals surface area contributed by atoms with E-state index in [-0.39, 0.29) is 24.4 Å². The Hall–Kier alpha value is -0.290. The average molecular weight is 283 g/mol. The summed E-state index contributed by atoms with van der Waals surface area (Å²) in [5, 5.41) is 5.43. The van der Waals surface area contributed by atoms with Crippen LogP contribution < -0.4 is 11.1 Å². The normalized spacial score (nSPS) is 11.7. The molecule has 0 bridgehead atoms. The van der Waals surface area contributed by atoms with Crippen LogP contribution >= 0.6 is 35.3 Å². The fourth-order valence-corrected chi connectivity index (χ4v) is 2.20. The summed E-state index contributed by atoms with van der Waals surface area (Å²) >= 11 is 7.36. The quantitative estimate of drug-likeness (QED) is 0.870. The number of hydrogen-bond donors (Lipinski definition) is 2. The highest BCUT2D eigenvalue weighted by Gasteiger charge is 2.06. The molecule has 1 amide bonds. The van der Waals surface area contributed by atoms with Gasteiger partial charge in [-0.05, 0) is 19.4 Å². The summed E-state index contributed by atoms with van der Waals surface area (Å²) in [5.41, 5.74) is 5.40. The van der Waals surface area contributed by atoms with Gasteiger partial charge in [-0.3, -0.25) is 4.79 Å². The minimum atomic E-state index is 0. The van der Waals surface area contributed by atoms with Gasteiger partial charge in [-0.25, -0.2) is 0 Å². The zero-order valence-electron chi connectivity index (χ0n) is 9.03. The van der Waals surface area contributed by atoms with Crippen LogP contribution in [0.1, 0.15) is 18.2 Å². The first-order chi connectivity index (χ1) is 7.11. The van der Waals surface area contributed by atoms with Crippen molar-refractivity contribution in [2.45, 2.75) is 25.8 Å². The average Bonchev–Trinajstić information content (AvgIpc) is 2.61. The molecule has 0 aliphatic heterocycles. The molecular weight excluding hydrogens is 267 g/mol. The summed E-state index contributed by atoms with van der Waals surface area (Å²) in [4.78, 5) is 12.5. The topological polar surface area (TPSA) is 55.1 Å². The number of hydrogen-bond acceptors (Lipinski definition) is 3. The molecule has 1 rings (SSSR count). The van der Waals surface area contributed by atoms with Crippen molar-refractivity contribution in [2.24, 2.45) is 5.73 Å². The molecule has 3 N–H and O–H groups in total. The molecule has 1 aromatic heterocycles. The minimum Gasteiger partial charge on any atom is -0.352 e. The van der Waals surface area contributed by atoms with Gasteiger partial charge in [-0.15, -0.1) is 23.7 Å². The lowest BCUT2D eigenvalue weighted by Gasteiger charge is -2.10. The molecule has 0 saturated carbocycles. The van der Waals surface area contributed by atoms with E-state index in [1.54, 1.807) is 11.3 Å². The molecule has 0 saturated heterocycles. The van der Waals surface area contributed by atoms with Crippen molar-refractivity contribution in [3.63, 3.8) is 0 Å². The fourth-order valence-electron chi connectivity index (χ4n) is 1.13. The van der Waals surface area contributed by atoms with Crippen molar-refractivity contribution in [1.29, 1.82) is 0 Å². The number of nitrogens with one attached hydrogen (secondary N) is 1. The molecule has 0 spiro atoms. The molecule has 0 aliphatic rings. The number of amides is 1. The summed E-state index contributed by atoms with van der Waals surface area (Å²) in [5.74, 6) is 0.0393. The Morgan fingerprint density at radius 3 is 2.88 bits per heavy atom. The van der Waals surface area contributed by atoms with Crippen molar-refractivity contribution in [3.05, 3.63) is 21.3 Å². The lowest BCUT2D eigenvalue weighted by atomic mass is 10.2. The van der Waals surface area contributed by atoms with Gasteiger partial charge < -0.3 is 11.1 Å². The van der Waals surface area contributed by atoms with Crippen LogP contribution in [0.2, 0.25) is 5.02 Å². The van der Waals surface area contributed by atoms with Crippen molar-refractivity contribution >= 4 is 41.3 Å². The van der Waals surface area contributed by atoms with Crippen molar-refractivity contribution in [2.75, 3.05) is 6.54 Å². The SMILES string of the molecule is C[C@@H](CN)NC(=O)CCc1cc(Cl)cs1.Cl. The number of nitrogens with two attached hydrogens (primary N) is 1. The molecule has 0 aliphatic carbocycles. The smallest absolute Gasteiger partial charge is 0.220 e. The lowest BCUT2D eigenvalue weighted by Crippen LogP contribution is -2.37. The maximum absolute atomic E-state index is 11.4. The van der Waals surface area contributed by atoms with E-state index in [0.29, 0.717) is 13.0 Å². The molecule has 0 fully saturated rings. The third kappa shape index (κ3) is 5.70. The third-order valence-electron chi connectivity index (χ3n) is 1.98. The summed E-state index contributed by atoms with van der Waals surface area (Å²) in [6.07, 6.45) is 1.22. The second kappa shape index (κ2) is 7.90. The highest BCUT2D eigenvalue weighted by Crippen LogP contribution is 2.20. The first-order valence-electron chi connectivity index (χ1n) is 4.84. The molecule has 0 aromatic carbocycles.